The molecule has 0 fully saturated rings. The Kier molecular flexibility index (Phi) is 4.91. The van der Waals surface area contributed by atoms with Crippen LogP contribution in [0.15, 0.2) is 18.2 Å². The van der Waals surface area contributed by atoms with E-state index in [1.165, 1.54) is 0 Å². The Bertz CT molecular complexity index is 423. The lowest BCUT2D eigenvalue weighted by molar-refractivity contribution is -0.126. The van der Waals surface area contributed by atoms with E-state index < -0.39 is 5.41 Å². The molecule has 2 N–H and O–H groups in total. The highest BCUT2D eigenvalue weighted by Gasteiger charge is 2.29. The fourth-order valence-corrected chi connectivity index (χ4v) is 1.89. The Morgan fingerprint density at radius 3 is 2.61 bits per heavy atom. The fourth-order valence-electron chi connectivity index (χ4n) is 1.89. The van der Waals surface area contributed by atoms with E-state index in [1.54, 1.807) is 7.11 Å². The van der Waals surface area contributed by atoms with Crippen LogP contribution in [0.4, 0.5) is 0 Å². The lowest BCUT2D eigenvalue weighted by Gasteiger charge is -2.25. The van der Waals surface area contributed by atoms with Crippen molar-refractivity contribution in [3.63, 3.8) is 0 Å². The molecular weight excluding hydrogens is 226 g/mol. The van der Waals surface area contributed by atoms with Crippen molar-refractivity contribution in [3.8, 4) is 5.75 Å². The van der Waals surface area contributed by atoms with Crippen LogP contribution in [0.25, 0.3) is 0 Å². The predicted molar refractivity (Wildman–Crippen MR) is 73.9 cm³/mol. The molecule has 18 heavy (non-hydrogen) atoms. The standard InChI is InChI=1S/C15H23NO2/c1-5-15(3,10-16)14(17)9-12-8-11(2)6-7-13(12)18-4/h6-8H,5,9-10,16H2,1-4H3. The normalized spacial score (nSPS) is 14.1. The van der Waals surface area contributed by atoms with Crippen LogP contribution >= 0.6 is 0 Å². The van der Waals surface area contributed by atoms with Gasteiger partial charge in [0.2, 0.25) is 0 Å². The summed E-state index contributed by atoms with van der Waals surface area (Å²) < 4.78 is 5.30. The molecule has 100 valence electrons. The quantitative estimate of drug-likeness (QED) is 0.842. The molecule has 0 aliphatic rings. The third-order valence-electron chi connectivity index (χ3n) is 3.69. The van der Waals surface area contributed by atoms with Gasteiger partial charge in [-0.3, -0.25) is 4.79 Å². The van der Waals surface area contributed by atoms with Gasteiger partial charge in [0, 0.05) is 23.9 Å². The maximum absolute atomic E-state index is 12.3. The van der Waals surface area contributed by atoms with E-state index in [4.69, 9.17) is 10.5 Å². The molecule has 0 saturated heterocycles. The van der Waals surface area contributed by atoms with E-state index in [2.05, 4.69) is 0 Å². The predicted octanol–water partition coefficient (Wildman–Crippen LogP) is 2.49. The molecule has 1 aromatic rings. The minimum Gasteiger partial charge on any atom is -0.496 e. The lowest BCUT2D eigenvalue weighted by atomic mass is 9.80. The Morgan fingerprint density at radius 2 is 2.11 bits per heavy atom. The van der Waals surface area contributed by atoms with Gasteiger partial charge >= 0.3 is 0 Å². The van der Waals surface area contributed by atoms with Crippen molar-refractivity contribution in [2.45, 2.75) is 33.6 Å². The van der Waals surface area contributed by atoms with Gasteiger partial charge in [-0.1, -0.05) is 31.5 Å². The first-order valence-electron chi connectivity index (χ1n) is 6.33. The summed E-state index contributed by atoms with van der Waals surface area (Å²) in [5.41, 5.74) is 7.35. The third kappa shape index (κ3) is 3.10. The van der Waals surface area contributed by atoms with Crippen molar-refractivity contribution in [3.05, 3.63) is 29.3 Å². The molecule has 1 atom stereocenters. The average Bonchev–Trinajstić information content (AvgIpc) is 2.38. The number of ketones is 1. The second-order valence-corrected chi connectivity index (χ2v) is 5.03. The van der Waals surface area contributed by atoms with Crippen LogP contribution in [0.3, 0.4) is 0 Å². The zero-order valence-electron chi connectivity index (χ0n) is 11.7. The summed E-state index contributed by atoms with van der Waals surface area (Å²) in [6.45, 7) is 6.32. The minimum atomic E-state index is -0.436. The van der Waals surface area contributed by atoms with Crippen LogP contribution in [0.1, 0.15) is 31.4 Å². The molecule has 0 saturated carbocycles. The Hall–Kier alpha value is -1.35. The molecule has 3 nitrogen and oxygen atoms in total. The van der Waals surface area contributed by atoms with Gasteiger partial charge < -0.3 is 10.5 Å². The number of nitrogens with two attached hydrogens (primary N) is 1. The minimum absolute atomic E-state index is 0.177. The number of hydrogen-bond acceptors (Lipinski definition) is 3. The zero-order chi connectivity index (χ0) is 13.8. The Balaban J connectivity index is 2.97. The van der Waals surface area contributed by atoms with Crippen LogP contribution in [0.2, 0.25) is 0 Å². The number of carbonyl (C=O) groups excluding carboxylic acids is 1. The maximum Gasteiger partial charge on any atom is 0.144 e. The summed E-state index contributed by atoms with van der Waals surface area (Å²) in [6.07, 6.45) is 1.14. The van der Waals surface area contributed by atoms with Gasteiger partial charge in [0.05, 0.1) is 7.11 Å². The topological polar surface area (TPSA) is 52.3 Å². The van der Waals surface area contributed by atoms with Crippen molar-refractivity contribution in [2.75, 3.05) is 13.7 Å². The van der Waals surface area contributed by atoms with Crippen molar-refractivity contribution < 1.29 is 9.53 Å². The number of carbonyl (C=O) groups is 1. The molecule has 0 aromatic heterocycles. The summed E-state index contributed by atoms with van der Waals surface area (Å²) in [5.74, 6) is 0.945. The number of ether oxygens (including phenoxy) is 1. The van der Waals surface area contributed by atoms with Gasteiger partial charge in [0.25, 0.3) is 0 Å². The average molecular weight is 249 g/mol. The Morgan fingerprint density at radius 1 is 1.44 bits per heavy atom. The molecular formula is C15H23NO2. The molecule has 0 radical (unpaired) electrons. The highest BCUT2D eigenvalue weighted by Crippen LogP contribution is 2.26. The van der Waals surface area contributed by atoms with E-state index >= 15 is 0 Å². The zero-order valence-corrected chi connectivity index (χ0v) is 11.7. The summed E-state index contributed by atoms with van der Waals surface area (Å²) in [5, 5.41) is 0. The van der Waals surface area contributed by atoms with Gasteiger partial charge in [-0.05, 0) is 19.4 Å². The molecule has 0 bridgehead atoms. The SMILES string of the molecule is CCC(C)(CN)C(=O)Cc1cc(C)ccc1OC. The first-order chi connectivity index (χ1) is 8.46. The molecule has 1 unspecified atom stereocenters. The summed E-state index contributed by atoms with van der Waals surface area (Å²) in [6, 6.07) is 5.89. The molecule has 1 aromatic carbocycles. The van der Waals surface area contributed by atoms with E-state index in [0.717, 1.165) is 23.3 Å². The number of Topliss-reactive ketones (excluding diaryl/α,β-unsaturated/α-hetero) is 1. The molecule has 1 rings (SSSR count). The molecule has 0 aliphatic heterocycles. The van der Waals surface area contributed by atoms with Gasteiger partial charge in [-0.15, -0.1) is 0 Å². The lowest BCUT2D eigenvalue weighted by Crippen LogP contribution is -2.36. The van der Waals surface area contributed by atoms with Crippen molar-refractivity contribution in [2.24, 2.45) is 11.1 Å². The molecule has 0 aliphatic carbocycles. The van der Waals surface area contributed by atoms with Crippen LogP contribution in [0, 0.1) is 12.3 Å². The van der Waals surface area contributed by atoms with Gasteiger partial charge in [0.1, 0.15) is 11.5 Å². The highest BCUT2D eigenvalue weighted by molar-refractivity contribution is 5.87. The number of aryl methyl sites for hydroxylation is 1. The van der Waals surface area contributed by atoms with E-state index in [-0.39, 0.29) is 5.78 Å². The van der Waals surface area contributed by atoms with E-state index in [9.17, 15) is 4.79 Å². The van der Waals surface area contributed by atoms with E-state index in [1.807, 2.05) is 39.0 Å². The van der Waals surface area contributed by atoms with Gasteiger partial charge in [-0.25, -0.2) is 0 Å². The van der Waals surface area contributed by atoms with Gasteiger partial charge in [-0.2, -0.15) is 0 Å². The molecule has 0 amide bonds. The summed E-state index contributed by atoms with van der Waals surface area (Å²) in [7, 11) is 1.63. The molecule has 0 spiro atoms. The third-order valence-corrected chi connectivity index (χ3v) is 3.69. The Labute approximate surface area is 109 Å². The van der Waals surface area contributed by atoms with Crippen LogP contribution < -0.4 is 10.5 Å². The summed E-state index contributed by atoms with van der Waals surface area (Å²) in [4.78, 5) is 12.3. The van der Waals surface area contributed by atoms with Crippen molar-refractivity contribution >= 4 is 5.78 Å². The number of rotatable bonds is 6. The maximum atomic E-state index is 12.3. The van der Waals surface area contributed by atoms with E-state index in [0.29, 0.717) is 13.0 Å². The van der Waals surface area contributed by atoms with Crippen LogP contribution in [-0.4, -0.2) is 19.4 Å². The smallest absolute Gasteiger partial charge is 0.144 e. The van der Waals surface area contributed by atoms with Crippen LogP contribution in [0.5, 0.6) is 5.75 Å². The summed E-state index contributed by atoms with van der Waals surface area (Å²) >= 11 is 0. The number of benzene rings is 1. The first kappa shape index (κ1) is 14.7. The second kappa shape index (κ2) is 6.01. The molecule has 3 heteroatoms. The second-order valence-electron chi connectivity index (χ2n) is 5.03. The van der Waals surface area contributed by atoms with Crippen molar-refractivity contribution in [1.29, 1.82) is 0 Å². The fraction of sp³-hybridized carbons (Fsp3) is 0.533. The van der Waals surface area contributed by atoms with Gasteiger partial charge in [0.15, 0.2) is 0 Å². The molecule has 0 heterocycles. The number of hydrogen-bond donors (Lipinski definition) is 1. The highest BCUT2D eigenvalue weighted by atomic mass is 16.5. The number of methoxy groups -OCH3 is 1. The van der Waals surface area contributed by atoms with Crippen molar-refractivity contribution in [1.82, 2.24) is 0 Å². The largest absolute Gasteiger partial charge is 0.496 e. The monoisotopic (exact) mass is 249 g/mol. The first-order valence-corrected chi connectivity index (χ1v) is 6.33. The van der Waals surface area contributed by atoms with Crippen LogP contribution in [-0.2, 0) is 11.2 Å².